The number of nitrogens with one attached hydrogen (secondary N) is 1. The lowest BCUT2D eigenvalue weighted by atomic mass is 10.3. The molecule has 2 aromatic carbocycles. The van der Waals surface area contributed by atoms with E-state index in [1.165, 1.54) is 12.1 Å². The zero-order valence-corrected chi connectivity index (χ0v) is 15.9. The number of carbonyl (C=O) groups is 1. The third-order valence-electron chi connectivity index (χ3n) is 3.19. The first-order valence-corrected chi connectivity index (χ1v) is 9.33. The van der Waals surface area contributed by atoms with Crippen LogP contribution in [0.15, 0.2) is 52.1 Å². The molecule has 10 heteroatoms. The molecule has 1 amide bonds. The average molecular weight is 428 g/mol. The van der Waals surface area contributed by atoms with Crippen molar-refractivity contribution in [1.29, 1.82) is 0 Å². The van der Waals surface area contributed by atoms with Gasteiger partial charge in [-0.15, -0.1) is 10.2 Å². The van der Waals surface area contributed by atoms with Crippen molar-refractivity contribution in [1.82, 2.24) is 10.2 Å². The number of amides is 1. The average Bonchev–Trinajstić information content (AvgIpc) is 3.11. The van der Waals surface area contributed by atoms with Gasteiger partial charge in [-0.05, 0) is 24.3 Å². The van der Waals surface area contributed by atoms with Crippen molar-refractivity contribution in [3.8, 4) is 5.75 Å². The van der Waals surface area contributed by atoms with Gasteiger partial charge in [0.15, 0.2) is 18.2 Å². The Labute approximate surface area is 168 Å². The summed E-state index contributed by atoms with van der Waals surface area (Å²) in [4.78, 5) is 12.0. The Morgan fingerprint density at radius 1 is 1.19 bits per heavy atom. The summed E-state index contributed by atoms with van der Waals surface area (Å²) in [5.41, 5.74) is 0.416. The first-order chi connectivity index (χ1) is 13.0. The lowest BCUT2D eigenvalue weighted by Gasteiger charge is -2.07. The monoisotopic (exact) mass is 427 g/mol. The second-order valence-electron chi connectivity index (χ2n) is 5.12. The largest absolute Gasteiger partial charge is 0.481 e. The van der Waals surface area contributed by atoms with Gasteiger partial charge in [0.2, 0.25) is 5.91 Å². The highest BCUT2D eigenvalue weighted by atomic mass is 35.5. The van der Waals surface area contributed by atoms with Crippen molar-refractivity contribution in [2.45, 2.75) is 11.8 Å². The molecule has 0 aliphatic carbocycles. The van der Waals surface area contributed by atoms with E-state index in [0.717, 1.165) is 11.8 Å². The normalized spacial score (nSPS) is 10.6. The molecule has 0 saturated carbocycles. The fourth-order valence-electron chi connectivity index (χ4n) is 1.97. The summed E-state index contributed by atoms with van der Waals surface area (Å²) in [5.74, 6) is -0.519. The van der Waals surface area contributed by atoms with E-state index in [1.54, 1.807) is 30.3 Å². The number of benzene rings is 2. The second-order valence-corrected chi connectivity index (χ2v) is 6.83. The Hall–Kier alpha value is -2.29. The van der Waals surface area contributed by atoms with Crippen LogP contribution < -0.4 is 10.1 Å². The number of nitrogens with zero attached hydrogens (tertiary/aromatic N) is 2. The van der Waals surface area contributed by atoms with Crippen LogP contribution in [-0.2, 0) is 11.4 Å². The number of anilines is 1. The van der Waals surface area contributed by atoms with E-state index in [2.05, 4.69) is 15.5 Å². The van der Waals surface area contributed by atoms with Crippen LogP contribution in [0.1, 0.15) is 5.89 Å². The minimum Gasteiger partial charge on any atom is -0.481 e. The van der Waals surface area contributed by atoms with Crippen LogP contribution in [0.3, 0.4) is 0 Å². The number of para-hydroxylation sites is 1. The second kappa shape index (κ2) is 9.07. The first-order valence-electron chi connectivity index (χ1n) is 7.59. The molecule has 1 heterocycles. The van der Waals surface area contributed by atoms with Gasteiger partial charge in [0.1, 0.15) is 0 Å². The molecule has 0 aliphatic heterocycles. The summed E-state index contributed by atoms with van der Waals surface area (Å²) >= 11 is 13.0. The highest BCUT2D eigenvalue weighted by Crippen LogP contribution is 2.29. The number of carbonyl (C=O) groups excluding carboxylic acids is 1. The molecule has 1 aromatic heterocycles. The summed E-state index contributed by atoms with van der Waals surface area (Å²) in [5, 5.41) is 11.1. The van der Waals surface area contributed by atoms with Gasteiger partial charge in [0, 0.05) is 0 Å². The quantitative estimate of drug-likeness (QED) is 0.544. The van der Waals surface area contributed by atoms with Crippen LogP contribution in [0, 0.1) is 5.82 Å². The van der Waals surface area contributed by atoms with Crippen LogP contribution in [0.5, 0.6) is 5.75 Å². The van der Waals surface area contributed by atoms with Crippen molar-refractivity contribution in [2.75, 3.05) is 11.1 Å². The number of hydrogen-bond acceptors (Lipinski definition) is 6. The molecule has 140 valence electrons. The van der Waals surface area contributed by atoms with Crippen LogP contribution in [0.25, 0.3) is 0 Å². The smallest absolute Gasteiger partial charge is 0.277 e. The van der Waals surface area contributed by atoms with Crippen LogP contribution in [0.2, 0.25) is 10.0 Å². The zero-order valence-electron chi connectivity index (χ0n) is 13.6. The van der Waals surface area contributed by atoms with E-state index in [0.29, 0.717) is 10.7 Å². The molecule has 0 bridgehead atoms. The van der Waals surface area contributed by atoms with Gasteiger partial charge in [0.05, 0.1) is 21.5 Å². The summed E-state index contributed by atoms with van der Waals surface area (Å²) < 4.78 is 24.1. The van der Waals surface area contributed by atoms with Gasteiger partial charge in [0.25, 0.3) is 11.1 Å². The predicted octanol–water partition coefficient (Wildman–Crippen LogP) is 4.83. The Kier molecular flexibility index (Phi) is 6.54. The fraction of sp³-hybridized carbons (Fsp3) is 0.118. The number of ether oxygens (including phenoxy) is 1. The molecule has 3 aromatic rings. The van der Waals surface area contributed by atoms with Gasteiger partial charge < -0.3 is 14.5 Å². The summed E-state index contributed by atoms with van der Waals surface area (Å²) in [7, 11) is 0. The molecule has 0 atom stereocenters. The van der Waals surface area contributed by atoms with E-state index in [9.17, 15) is 9.18 Å². The molecule has 6 nitrogen and oxygen atoms in total. The van der Waals surface area contributed by atoms with Crippen LogP contribution >= 0.6 is 35.0 Å². The zero-order chi connectivity index (χ0) is 19.2. The maximum Gasteiger partial charge on any atom is 0.277 e. The highest BCUT2D eigenvalue weighted by molar-refractivity contribution is 7.99. The molecule has 1 N–H and O–H groups in total. The first kappa shape index (κ1) is 19.5. The van der Waals surface area contributed by atoms with Crippen LogP contribution in [0.4, 0.5) is 10.1 Å². The molecule has 0 saturated heterocycles. The lowest BCUT2D eigenvalue weighted by molar-refractivity contribution is -0.113. The molecule has 27 heavy (non-hydrogen) atoms. The number of halogens is 3. The molecular formula is C17H12Cl2FN3O3S. The maximum absolute atomic E-state index is 13.5. The molecule has 3 rings (SSSR count). The number of rotatable bonds is 7. The van der Waals surface area contributed by atoms with Crippen molar-refractivity contribution < 1.29 is 18.3 Å². The minimum absolute atomic E-state index is 0.0264. The lowest BCUT2D eigenvalue weighted by Crippen LogP contribution is -2.14. The van der Waals surface area contributed by atoms with Crippen molar-refractivity contribution in [3.63, 3.8) is 0 Å². The molecular weight excluding hydrogens is 416 g/mol. The highest BCUT2D eigenvalue weighted by Gasteiger charge is 2.13. The molecule has 0 spiro atoms. The topological polar surface area (TPSA) is 77.2 Å². The third-order valence-corrected chi connectivity index (χ3v) is 4.83. The van der Waals surface area contributed by atoms with Gasteiger partial charge in [-0.1, -0.05) is 53.2 Å². The van der Waals surface area contributed by atoms with E-state index >= 15 is 0 Å². The third kappa shape index (κ3) is 5.35. The maximum atomic E-state index is 13.5. The van der Waals surface area contributed by atoms with Gasteiger partial charge in [-0.3, -0.25) is 4.79 Å². The van der Waals surface area contributed by atoms with E-state index in [1.807, 2.05) is 0 Å². The predicted molar refractivity (Wildman–Crippen MR) is 101 cm³/mol. The SMILES string of the molecule is O=C(CSc1nnc(COc2ccccc2F)o1)Nc1cccc(Cl)c1Cl. The van der Waals surface area contributed by atoms with Gasteiger partial charge >= 0.3 is 0 Å². The minimum atomic E-state index is -0.483. The Balaban J connectivity index is 1.50. The molecule has 0 aliphatic rings. The standard InChI is InChI=1S/C17H12Cl2FN3O3S/c18-10-4-3-6-12(16(10)19)21-14(24)9-27-17-23-22-15(26-17)8-25-13-7-2-1-5-11(13)20/h1-7H,8-9H2,(H,21,24). The Bertz CT molecular complexity index is 955. The van der Waals surface area contributed by atoms with Crippen molar-refractivity contribution >= 4 is 46.6 Å². The van der Waals surface area contributed by atoms with Gasteiger partial charge in [-0.25, -0.2) is 4.39 Å². The molecule has 0 radical (unpaired) electrons. The fourth-order valence-corrected chi connectivity index (χ4v) is 2.90. The van der Waals surface area contributed by atoms with Gasteiger partial charge in [-0.2, -0.15) is 0 Å². The molecule has 0 unspecified atom stereocenters. The van der Waals surface area contributed by atoms with E-state index < -0.39 is 5.82 Å². The summed E-state index contributed by atoms with van der Waals surface area (Å²) in [6.45, 7) is -0.0845. The van der Waals surface area contributed by atoms with Crippen molar-refractivity contribution in [3.05, 3.63) is 64.2 Å². The molecule has 0 fully saturated rings. The van der Waals surface area contributed by atoms with E-state index in [4.69, 9.17) is 32.4 Å². The van der Waals surface area contributed by atoms with Crippen LogP contribution in [-0.4, -0.2) is 21.9 Å². The number of thioether (sulfide) groups is 1. The summed E-state index contributed by atoms with van der Waals surface area (Å²) in [6, 6.07) is 10.9. The Morgan fingerprint density at radius 3 is 2.81 bits per heavy atom. The summed E-state index contributed by atoms with van der Waals surface area (Å²) in [6.07, 6.45) is 0. The Morgan fingerprint density at radius 2 is 2.00 bits per heavy atom. The van der Waals surface area contributed by atoms with Crippen molar-refractivity contribution in [2.24, 2.45) is 0 Å². The number of aromatic nitrogens is 2. The number of hydrogen-bond donors (Lipinski definition) is 1. The van der Waals surface area contributed by atoms with E-state index in [-0.39, 0.29) is 40.2 Å².